The lowest BCUT2D eigenvalue weighted by Crippen LogP contribution is -2.06. The Hall–Kier alpha value is -0.625. The SMILES string of the molecule is CCCCCCCCCCCCCCCc1ccc(O[B]Cl)c(CCCCCCCCCCCCCCC)c1CCCCCCCCCCCCCCC. The summed E-state index contributed by atoms with van der Waals surface area (Å²) < 4.78 is 5.98. The van der Waals surface area contributed by atoms with Gasteiger partial charge < -0.3 is 4.65 Å². The lowest BCUT2D eigenvalue weighted by Gasteiger charge is -2.19. The van der Waals surface area contributed by atoms with Crippen molar-refractivity contribution in [2.24, 2.45) is 0 Å². The summed E-state index contributed by atoms with van der Waals surface area (Å²) in [5, 5.41) is 0. The fraction of sp³-hybridized carbons (Fsp3) is 0.882. The van der Waals surface area contributed by atoms with Gasteiger partial charge in [-0.05, 0) is 61.3 Å². The van der Waals surface area contributed by atoms with Crippen LogP contribution in [0.5, 0.6) is 5.75 Å². The maximum atomic E-state index is 6.07. The topological polar surface area (TPSA) is 9.23 Å². The minimum absolute atomic E-state index is 1.02. The fourth-order valence-electron chi connectivity index (χ4n) is 8.67. The molecule has 0 N–H and O–H groups in total. The van der Waals surface area contributed by atoms with Crippen molar-refractivity contribution in [2.45, 2.75) is 290 Å². The zero-order valence-corrected chi connectivity index (χ0v) is 38.0. The number of benzene rings is 1. The predicted octanol–water partition coefficient (Wildman–Crippen LogP) is 18.7. The molecule has 1 nitrogen and oxygen atoms in total. The van der Waals surface area contributed by atoms with Crippen molar-refractivity contribution in [3.63, 3.8) is 0 Å². The summed E-state index contributed by atoms with van der Waals surface area (Å²) in [4.78, 5) is 0. The molecule has 1 rings (SSSR count). The van der Waals surface area contributed by atoms with Gasteiger partial charge in [-0.3, -0.25) is 0 Å². The highest BCUT2D eigenvalue weighted by Gasteiger charge is 2.15. The second kappa shape index (κ2) is 42.0. The van der Waals surface area contributed by atoms with Gasteiger partial charge in [-0.25, -0.2) is 0 Å². The Morgan fingerprint density at radius 2 is 0.593 bits per heavy atom. The monoisotopic (exact) mass is 770 g/mol. The van der Waals surface area contributed by atoms with Gasteiger partial charge in [0, 0.05) is 0 Å². The summed E-state index contributed by atoms with van der Waals surface area (Å²) in [6.45, 7) is 8.31. The van der Waals surface area contributed by atoms with E-state index in [-0.39, 0.29) is 0 Å². The molecule has 0 atom stereocenters. The molecule has 0 spiro atoms. The third-order valence-corrected chi connectivity index (χ3v) is 12.4. The second-order valence-corrected chi connectivity index (χ2v) is 17.5. The molecular weight excluding hydrogens is 675 g/mol. The van der Waals surface area contributed by atoms with Crippen molar-refractivity contribution < 1.29 is 4.65 Å². The van der Waals surface area contributed by atoms with E-state index in [1.165, 1.54) is 276 Å². The van der Waals surface area contributed by atoms with Gasteiger partial charge in [0.15, 0.2) is 0 Å². The first kappa shape index (κ1) is 51.4. The van der Waals surface area contributed by atoms with Crippen LogP contribution in [0, 0.1) is 0 Å². The van der Waals surface area contributed by atoms with Gasteiger partial charge in [-0.1, -0.05) is 258 Å². The molecule has 0 unspecified atom stereocenters. The lowest BCUT2D eigenvalue weighted by atomic mass is 9.89. The summed E-state index contributed by atoms with van der Waals surface area (Å²) in [7, 11) is 0. The first-order chi connectivity index (χ1) is 26.8. The predicted molar refractivity (Wildman–Crippen MR) is 247 cm³/mol. The summed E-state index contributed by atoms with van der Waals surface area (Å²) in [6.07, 6.45) is 58.6. The smallest absolute Gasteiger partial charge is 0.494 e. The van der Waals surface area contributed by atoms with Crippen LogP contribution in [0.15, 0.2) is 12.1 Å². The van der Waals surface area contributed by atoms with Crippen LogP contribution in [-0.2, 0) is 19.3 Å². The molecule has 1 aromatic rings. The van der Waals surface area contributed by atoms with Gasteiger partial charge in [0.2, 0.25) is 0 Å². The van der Waals surface area contributed by atoms with Crippen molar-refractivity contribution in [1.29, 1.82) is 0 Å². The molecule has 0 bridgehead atoms. The second-order valence-electron chi connectivity index (χ2n) is 17.4. The minimum atomic E-state index is 1.02. The van der Waals surface area contributed by atoms with Crippen LogP contribution in [-0.4, -0.2) is 6.90 Å². The Balaban J connectivity index is 2.54. The van der Waals surface area contributed by atoms with Gasteiger partial charge in [0.1, 0.15) is 5.75 Å². The number of unbranched alkanes of at least 4 members (excludes halogenated alkanes) is 36. The summed E-state index contributed by atoms with van der Waals surface area (Å²) in [6, 6.07) is 4.63. The zero-order chi connectivity index (χ0) is 38.8. The zero-order valence-electron chi connectivity index (χ0n) is 37.2. The van der Waals surface area contributed by atoms with Crippen molar-refractivity contribution in [3.8, 4) is 5.75 Å². The van der Waals surface area contributed by atoms with E-state index in [0.717, 1.165) is 12.2 Å². The standard InChI is InChI=1S/C51H95BClO/c1-4-7-10-13-16-19-22-25-28-31-34-37-40-43-48-46-47-51(54-52-53)50(45-42-39-36-33-30-27-24-21-18-15-12-9-6-3)49(48)44-41-38-35-32-29-26-23-20-17-14-11-8-5-2/h46-47H,4-45H2,1-3H3. The van der Waals surface area contributed by atoms with Crippen molar-refractivity contribution in [2.75, 3.05) is 0 Å². The molecule has 3 heteroatoms. The molecule has 0 fully saturated rings. The van der Waals surface area contributed by atoms with E-state index < -0.39 is 0 Å². The maximum Gasteiger partial charge on any atom is 0.494 e. The third-order valence-electron chi connectivity index (χ3n) is 12.3. The molecule has 0 heterocycles. The van der Waals surface area contributed by atoms with Gasteiger partial charge >= 0.3 is 6.90 Å². The molecule has 0 saturated heterocycles. The average Bonchev–Trinajstić information content (AvgIpc) is 3.18. The number of halogens is 1. The van der Waals surface area contributed by atoms with Gasteiger partial charge in [0.05, 0.1) is 0 Å². The third kappa shape index (κ3) is 31.5. The van der Waals surface area contributed by atoms with E-state index in [2.05, 4.69) is 32.9 Å². The number of rotatable bonds is 44. The number of hydrogen-bond acceptors (Lipinski definition) is 1. The maximum absolute atomic E-state index is 6.07. The summed E-state index contributed by atoms with van der Waals surface area (Å²) >= 11 is 6.07. The molecule has 54 heavy (non-hydrogen) atoms. The normalized spacial score (nSPS) is 11.5. The quantitative estimate of drug-likeness (QED) is 0.0474. The van der Waals surface area contributed by atoms with Crippen LogP contribution in [0.1, 0.15) is 288 Å². The Kier molecular flexibility index (Phi) is 40.0. The Labute approximate surface area is 346 Å². The van der Waals surface area contributed by atoms with Crippen molar-refractivity contribution in [1.82, 2.24) is 0 Å². The van der Waals surface area contributed by atoms with Crippen LogP contribution in [0.4, 0.5) is 0 Å². The molecule has 1 aromatic carbocycles. The first-order valence-corrected chi connectivity index (χ1v) is 25.4. The largest absolute Gasteiger partial charge is 0.548 e. The Morgan fingerprint density at radius 1 is 0.333 bits per heavy atom. The van der Waals surface area contributed by atoms with Gasteiger partial charge in [0.25, 0.3) is 0 Å². The molecule has 0 aliphatic heterocycles. The number of aryl methyl sites for hydroxylation is 1. The van der Waals surface area contributed by atoms with Crippen molar-refractivity contribution >= 4 is 18.4 Å². The van der Waals surface area contributed by atoms with E-state index in [0.29, 0.717) is 0 Å². The van der Waals surface area contributed by atoms with Crippen LogP contribution < -0.4 is 4.65 Å². The average molecular weight is 771 g/mol. The number of hydrogen-bond donors (Lipinski definition) is 0. The Bertz CT molecular complexity index is 887. The van der Waals surface area contributed by atoms with E-state index >= 15 is 0 Å². The van der Waals surface area contributed by atoms with Crippen LogP contribution in [0.2, 0.25) is 0 Å². The molecule has 315 valence electrons. The molecule has 0 aliphatic rings. The highest BCUT2D eigenvalue weighted by Crippen LogP contribution is 2.31. The van der Waals surface area contributed by atoms with E-state index in [4.69, 9.17) is 16.1 Å². The van der Waals surface area contributed by atoms with Gasteiger partial charge in [-0.15, -0.1) is 11.5 Å². The molecule has 0 aromatic heterocycles. The van der Waals surface area contributed by atoms with E-state index in [1.807, 2.05) is 0 Å². The van der Waals surface area contributed by atoms with Crippen LogP contribution >= 0.6 is 11.5 Å². The molecule has 1 radical (unpaired) electrons. The van der Waals surface area contributed by atoms with E-state index in [9.17, 15) is 0 Å². The van der Waals surface area contributed by atoms with Crippen molar-refractivity contribution in [3.05, 3.63) is 28.8 Å². The molecule has 0 aliphatic carbocycles. The Morgan fingerprint density at radius 3 is 0.889 bits per heavy atom. The molecule has 0 amide bonds. The summed E-state index contributed by atoms with van der Waals surface area (Å²) in [5.41, 5.74) is 4.69. The van der Waals surface area contributed by atoms with E-state index in [1.54, 1.807) is 11.1 Å². The van der Waals surface area contributed by atoms with Gasteiger partial charge in [-0.2, -0.15) is 0 Å². The summed E-state index contributed by atoms with van der Waals surface area (Å²) in [5.74, 6) is 1.02. The lowest BCUT2D eigenvalue weighted by molar-refractivity contribution is 0.534. The van der Waals surface area contributed by atoms with Crippen LogP contribution in [0.25, 0.3) is 0 Å². The first-order valence-electron chi connectivity index (χ1n) is 25.0. The molecule has 0 saturated carbocycles. The van der Waals surface area contributed by atoms with Crippen LogP contribution in [0.3, 0.4) is 0 Å². The highest BCUT2D eigenvalue weighted by molar-refractivity contribution is 6.90. The minimum Gasteiger partial charge on any atom is -0.548 e. The fourth-order valence-corrected chi connectivity index (χ4v) is 8.77. The molecular formula is C51H95BClO. The highest BCUT2D eigenvalue weighted by atomic mass is 35.5.